The lowest BCUT2D eigenvalue weighted by Gasteiger charge is -2.59. The van der Waals surface area contributed by atoms with Crippen LogP contribution in [-0.4, -0.2) is 61.1 Å². The van der Waals surface area contributed by atoms with E-state index >= 15 is 0 Å². The molecular weight excluding hydrogens is 320 g/mol. The number of piperidine rings is 1. The van der Waals surface area contributed by atoms with Gasteiger partial charge in [0, 0.05) is 44.5 Å². The van der Waals surface area contributed by atoms with Crippen LogP contribution in [0.15, 0.2) is 4.99 Å². The maximum atomic E-state index is 11.8. The number of amides is 2. The maximum absolute atomic E-state index is 11.8. The molecule has 1 aliphatic carbocycles. The summed E-state index contributed by atoms with van der Waals surface area (Å²) >= 11 is 0. The number of carbonyl (C=O) groups excluding carboxylic acids is 2. The first-order chi connectivity index (χ1) is 11.7. The fraction of sp³-hybridized carbons (Fsp3) is 0.833. The second-order valence-electron chi connectivity index (χ2n) is 7.61. The van der Waals surface area contributed by atoms with Crippen LogP contribution in [0.1, 0.15) is 53.4 Å². The second kappa shape index (κ2) is 7.72. The van der Waals surface area contributed by atoms with Crippen molar-refractivity contribution < 1.29 is 14.3 Å². The lowest BCUT2D eigenvalue weighted by molar-refractivity contribution is -0.176. The number of hydrogen-bond donors (Lipinski definition) is 2. The molecule has 0 aromatic heterocycles. The van der Waals surface area contributed by atoms with Crippen molar-refractivity contribution in [1.29, 1.82) is 0 Å². The van der Waals surface area contributed by atoms with Gasteiger partial charge in [-0.2, -0.15) is 0 Å². The van der Waals surface area contributed by atoms with Crippen molar-refractivity contribution in [3.63, 3.8) is 0 Å². The number of hydrogen-bond acceptors (Lipinski definition) is 4. The van der Waals surface area contributed by atoms with Crippen molar-refractivity contribution in [1.82, 2.24) is 15.5 Å². The zero-order valence-corrected chi connectivity index (χ0v) is 16.1. The van der Waals surface area contributed by atoms with Gasteiger partial charge in [0.25, 0.3) is 0 Å². The van der Waals surface area contributed by atoms with Crippen LogP contribution in [0, 0.1) is 5.41 Å². The molecule has 2 amide bonds. The van der Waals surface area contributed by atoms with Gasteiger partial charge in [-0.05, 0) is 26.7 Å². The first-order valence-electron chi connectivity index (χ1n) is 9.18. The number of aliphatic imine (C=N–C) groups is 1. The van der Waals surface area contributed by atoms with Crippen molar-refractivity contribution in [3.8, 4) is 0 Å². The van der Waals surface area contributed by atoms with E-state index < -0.39 is 0 Å². The Balaban J connectivity index is 1.93. The van der Waals surface area contributed by atoms with Crippen LogP contribution in [0.2, 0.25) is 0 Å². The van der Waals surface area contributed by atoms with Crippen molar-refractivity contribution in [2.24, 2.45) is 10.4 Å². The Bertz CT molecular complexity index is 530. The number of methoxy groups -OCH3 is 1. The molecule has 0 bridgehead atoms. The molecule has 2 aliphatic rings. The van der Waals surface area contributed by atoms with Crippen LogP contribution < -0.4 is 10.6 Å². The summed E-state index contributed by atoms with van der Waals surface area (Å²) in [5.41, 5.74) is -0.161. The molecule has 1 heterocycles. The Kier molecular flexibility index (Phi) is 6.08. The molecular formula is C18H32N4O3. The van der Waals surface area contributed by atoms with Gasteiger partial charge in [-0.1, -0.05) is 13.8 Å². The van der Waals surface area contributed by atoms with Crippen LogP contribution in [-0.2, 0) is 14.3 Å². The van der Waals surface area contributed by atoms with Gasteiger partial charge in [0.1, 0.15) is 0 Å². The van der Waals surface area contributed by atoms with Crippen molar-refractivity contribution in [2.75, 3.05) is 26.7 Å². The quantitative estimate of drug-likeness (QED) is 0.427. The smallest absolute Gasteiger partial charge is 0.229 e. The zero-order chi connectivity index (χ0) is 18.7. The molecule has 142 valence electrons. The van der Waals surface area contributed by atoms with E-state index in [2.05, 4.69) is 36.4 Å². The highest BCUT2D eigenvalue weighted by Gasteiger charge is 2.58. The fourth-order valence-corrected chi connectivity index (χ4v) is 3.52. The fourth-order valence-electron chi connectivity index (χ4n) is 3.52. The Morgan fingerprint density at radius 2 is 1.92 bits per heavy atom. The van der Waals surface area contributed by atoms with Crippen LogP contribution >= 0.6 is 0 Å². The van der Waals surface area contributed by atoms with Crippen LogP contribution in [0.3, 0.4) is 0 Å². The topological polar surface area (TPSA) is 83.0 Å². The Labute approximate surface area is 150 Å². The van der Waals surface area contributed by atoms with Crippen molar-refractivity contribution in [3.05, 3.63) is 0 Å². The van der Waals surface area contributed by atoms with E-state index in [9.17, 15) is 9.59 Å². The summed E-state index contributed by atoms with van der Waals surface area (Å²) in [5.74, 6) is 0.552. The molecule has 0 aromatic carbocycles. The highest BCUT2D eigenvalue weighted by atomic mass is 16.5. The molecule has 1 aliphatic heterocycles. The molecule has 2 unspecified atom stereocenters. The summed E-state index contributed by atoms with van der Waals surface area (Å²) in [6.07, 6.45) is 2.49. The van der Waals surface area contributed by atoms with Gasteiger partial charge in [0.2, 0.25) is 11.8 Å². The predicted molar refractivity (Wildman–Crippen MR) is 97.3 cm³/mol. The molecule has 0 aromatic rings. The van der Waals surface area contributed by atoms with E-state index in [4.69, 9.17) is 4.74 Å². The molecule has 7 heteroatoms. The Morgan fingerprint density at radius 1 is 1.28 bits per heavy atom. The molecule has 0 radical (unpaired) electrons. The van der Waals surface area contributed by atoms with Crippen molar-refractivity contribution >= 4 is 17.8 Å². The first kappa shape index (κ1) is 19.7. The van der Waals surface area contributed by atoms with Gasteiger partial charge < -0.3 is 15.4 Å². The maximum Gasteiger partial charge on any atom is 0.229 e. The number of ether oxygens (including phenoxy) is 1. The molecule has 2 atom stereocenters. The standard InChI is InChI=1S/C18H32N4O3/c1-6-19-16(21-13-12-18(4,25-5)17(13,2)3)20-10-11-22-14(23)8-7-9-15(22)24/h13H,6-12H2,1-5H3,(H2,19,20,21). The van der Waals surface area contributed by atoms with E-state index in [1.807, 2.05) is 6.92 Å². The first-order valence-corrected chi connectivity index (χ1v) is 9.18. The van der Waals surface area contributed by atoms with Gasteiger partial charge in [0.05, 0.1) is 12.1 Å². The Hall–Kier alpha value is -1.63. The Morgan fingerprint density at radius 3 is 2.44 bits per heavy atom. The molecule has 1 saturated heterocycles. The summed E-state index contributed by atoms with van der Waals surface area (Å²) in [6.45, 7) is 10.0. The summed E-state index contributed by atoms with van der Waals surface area (Å²) in [6, 6.07) is 0.258. The lowest BCUT2D eigenvalue weighted by Crippen LogP contribution is -2.69. The molecule has 2 fully saturated rings. The number of likely N-dealkylation sites (tertiary alicyclic amines) is 1. The number of nitrogens with one attached hydrogen (secondary N) is 2. The SMILES string of the molecule is CCNC(=NCCN1C(=O)CCCC1=O)NC1CC(C)(OC)C1(C)C. The van der Waals surface area contributed by atoms with E-state index in [0.29, 0.717) is 32.4 Å². The summed E-state index contributed by atoms with van der Waals surface area (Å²) in [5, 5.41) is 6.70. The zero-order valence-electron chi connectivity index (χ0n) is 16.1. The minimum absolute atomic E-state index is 0.0171. The van der Waals surface area contributed by atoms with Crippen LogP contribution in [0.25, 0.3) is 0 Å². The third kappa shape index (κ3) is 3.97. The van der Waals surface area contributed by atoms with Crippen LogP contribution in [0.5, 0.6) is 0 Å². The number of guanidine groups is 1. The van der Waals surface area contributed by atoms with E-state index in [1.54, 1.807) is 7.11 Å². The third-order valence-electron chi connectivity index (χ3n) is 5.91. The number of carbonyl (C=O) groups is 2. The van der Waals surface area contributed by atoms with Crippen molar-refractivity contribution in [2.45, 2.75) is 65.0 Å². The van der Waals surface area contributed by atoms with Gasteiger partial charge >= 0.3 is 0 Å². The van der Waals surface area contributed by atoms with E-state index in [0.717, 1.165) is 18.9 Å². The monoisotopic (exact) mass is 352 g/mol. The van der Waals surface area contributed by atoms with Gasteiger partial charge in [-0.25, -0.2) is 0 Å². The average Bonchev–Trinajstić information content (AvgIpc) is 2.56. The molecule has 0 spiro atoms. The molecule has 25 heavy (non-hydrogen) atoms. The van der Waals surface area contributed by atoms with Gasteiger partial charge in [-0.15, -0.1) is 0 Å². The highest BCUT2D eigenvalue weighted by Crippen LogP contribution is 2.51. The third-order valence-corrected chi connectivity index (χ3v) is 5.91. The summed E-state index contributed by atoms with van der Waals surface area (Å²) in [4.78, 5) is 29.6. The summed E-state index contributed by atoms with van der Waals surface area (Å²) < 4.78 is 5.66. The minimum atomic E-state index is -0.144. The highest BCUT2D eigenvalue weighted by molar-refractivity contribution is 5.97. The van der Waals surface area contributed by atoms with E-state index in [-0.39, 0.29) is 28.9 Å². The van der Waals surface area contributed by atoms with Crippen LogP contribution in [0.4, 0.5) is 0 Å². The normalized spacial score (nSPS) is 29.4. The lowest BCUT2D eigenvalue weighted by atomic mass is 9.56. The largest absolute Gasteiger partial charge is 0.378 e. The molecule has 2 rings (SSSR count). The number of nitrogens with zero attached hydrogens (tertiary/aromatic N) is 2. The number of rotatable bonds is 6. The predicted octanol–water partition coefficient (Wildman–Crippen LogP) is 1.28. The molecule has 2 N–H and O–H groups in total. The molecule has 1 saturated carbocycles. The average molecular weight is 352 g/mol. The number of imide groups is 1. The minimum Gasteiger partial charge on any atom is -0.378 e. The van der Waals surface area contributed by atoms with Gasteiger partial charge in [-0.3, -0.25) is 19.5 Å². The second-order valence-corrected chi connectivity index (χ2v) is 7.61. The molecule has 7 nitrogen and oxygen atoms in total. The van der Waals surface area contributed by atoms with E-state index in [1.165, 1.54) is 4.90 Å². The summed E-state index contributed by atoms with van der Waals surface area (Å²) in [7, 11) is 1.75. The van der Waals surface area contributed by atoms with Gasteiger partial charge in [0.15, 0.2) is 5.96 Å².